The maximum absolute atomic E-state index is 12.1. The Kier molecular flexibility index (Phi) is 5.63. The largest absolute Gasteiger partial charge is 0.496 e. The van der Waals surface area contributed by atoms with Gasteiger partial charge < -0.3 is 19.2 Å². The van der Waals surface area contributed by atoms with Crippen molar-refractivity contribution >= 4 is 11.9 Å². The summed E-state index contributed by atoms with van der Waals surface area (Å²) < 4.78 is 15.7. The van der Waals surface area contributed by atoms with Crippen LogP contribution < -0.4 is 10.1 Å². The number of benzene rings is 1. The van der Waals surface area contributed by atoms with Gasteiger partial charge in [-0.05, 0) is 26.8 Å². The Bertz CT molecular complexity index is 748. The number of methoxy groups -OCH3 is 1. The van der Waals surface area contributed by atoms with Gasteiger partial charge in [-0.3, -0.25) is 4.79 Å². The van der Waals surface area contributed by atoms with Crippen LogP contribution in [-0.2, 0) is 16.1 Å². The quantitative estimate of drug-likeness (QED) is 0.824. The third-order valence-electron chi connectivity index (χ3n) is 3.77. The van der Waals surface area contributed by atoms with E-state index in [-0.39, 0.29) is 12.5 Å². The number of ether oxygens (including phenoxy) is 2. The van der Waals surface area contributed by atoms with Crippen molar-refractivity contribution < 1.29 is 23.5 Å². The summed E-state index contributed by atoms with van der Waals surface area (Å²) in [7, 11) is 1.57. The molecule has 1 heterocycles. The van der Waals surface area contributed by atoms with Crippen LogP contribution in [0.25, 0.3) is 0 Å². The van der Waals surface area contributed by atoms with Crippen molar-refractivity contribution in [3.05, 3.63) is 52.5 Å². The van der Waals surface area contributed by atoms with Gasteiger partial charge in [0.05, 0.1) is 7.11 Å². The van der Waals surface area contributed by atoms with Crippen LogP contribution in [-0.4, -0.2) is 25.6 Å². The Morgan fingerprint density at radius 3 is 2.46 bits per heavy atom. The maximum atomic E-state index is 12.1. The molecule has 0 fully saturated rings. The number of amides is 1. The van der Waals surface area contributed by atoms with Gasteiger partial charge in [-0.25, -0.2) is 4.79 Å². The number of hydrogen-bond acceptors (Lipinski definition) is 5. The summed E-state index contributed by atoms with van der Waals surface area (Å²) in [6.07, 6.45) is 0. The first kappa shape index (κ1) is 17.6. The summed E-state index contributed by atoms with van der Waals surface area (Å²) in [5.41, 5.74) is 1.95. The molecular formula is C18H21NO5. The lowest BCUT2D eigenvalue weighted by Crippen LogP contribution is -2.28. The van der Waals surface area contributed by atoms with Crippen LogP contribution in [0.3, 0.4) is 0 Å². The molecule has 128 valence electrons. The highest BCUT2D eigenvalue weighted by Gasteiger charge is 2.20. The van der Waals surface area contributed by atoms with E-state index < -0.39 is 5.97 Å². The molecule has 1 N–H and O–H groups in total. The summed E-state index contributed by atoms with van der Waals surface area (Å²) in [5, 5.41) is 2.70. The predicted molar refractivity (Wildman–Crippen MR) is 88.0 cm³/mol. The molecule has 0 aliphatic rings. The molecule has 6 nitrogen and oxygen atoms in total. The standard InChI is InChI=1S/C18H21NO5/c1-11-12(2)24-13(3)17(11)18(21)23-10-16(20)19-9-14-7-5-6-8-15(14)22-4/h5-8H,9-10H2,1-4H3,(H,19,20). The molecule has 24 heavy (non-hydrogen) atoms. The van der Waals surface area contributed by atoms with E-state index in [9.17, 15) is 9.59 Å². The molecule has 0 aliphatic heterocycles. The van der Waals surface area contributed by atoms with E-state index in [1.807, 2.05) is 24.3 Å². The number of rotatable bonds is 6. The molecule has 2 rings (SSSR count). The lowest BCUT2D eigenvalue weighted by molar-refractivity contribution is -0.124. The van der Waals surface area contributed by atoms with Gasteiger partial charge in [-0.15, -0.1) is 0 Å². The van der Waals surface area contributed by atoms with Crippen molar-refractivity contribution in [2.75, 3.05) is 13.7 Å². The summed E-state index contributed by atoms with van der Waals surface area (Å²) >= 11 is 0. The zero-order valence-corrected chi connectivity index (χ0v) is 14.3. The number of carbonyl (C=O) groups excluding carboxylic acids is 2. The second-order valence-corrected chi connectivity index (χ2v) is 5.38. The van der Waals surface area contributed by atoms with E-state index in [0.29, 0.717) is 29.4 Å². The molecular weight excluding hydrogens is 310 g/mol. The fourth-order valence-electron chi connectivity index (χ4n) is 2.39. The predicted octanol–water partition coefficient (Wildman–Crippen LogP) is 2.69. The first-order chi connectivity index (χ1) is 11.4. The minimum absolute atomic E-state index is 0.295. The Balaban J connectivity index is 1.88. The Morgan fingerprint density at radius 2 is 1.83 bits per heavy atom. The number of esters is 1. The molecule has 0 saturated heterocycles. The van der Waals surface area contributed by atoms with E-state index >= 15 is 0 Å². The van der Waals surface area contributed by atoms with E-state index in [1.54, 1.807) is 27.9 Å². The minimum Gasteiger partial charge on any atom is -0.496 e. The van der Waals surface area contributed by atoms with Crippen molar-refractivity contribution in [1.82, 2.24) is 5.32 Å². The van der Waals surface area contributed by atoms with Crippen LogP contribution in [0.1, 0.15) is 33.0 Å². The molecule has 0 bridgehead atoms. The fraction of sp³-hybridized carbons (Fsp3) is 0.333. The highest BCUT2D eigenvalue weighted by molar-refractivity contribution is 5.93. The maximum Gasteiger partial charge on any atom is 0.342 e. The number of nitrogens with one attached hydrogen (secondary N) is 1. The molecule has 2 aromatic rings. The minimum atomic E-state index is -0.561. The topological polar surface area (TPSA) is 77.8 Å². The van der Waals surface area contributed by atoms with E-state index in [0.717, 1.165) is 11.1 Å². The summed E-state index contributed by atoms with van der Waals surface area (Å²) in [6, 6.07) is 7.38. The van der Waals surface area contributed by atoms with Crippen molar-refractivity contribution in [3.63, 3.8) is 0 Å². The molecule has 0 radical (unpaired) electrons. The van der Waals surface area contributed by atoms with Gasteiger partial charge in [0.2, 0.25) is 0 Å². The monoisotopic (exact) mass is 331 g/mol. The van der Waals surface area contributed by atoms with Crippen LogP contribution in [0.4, 0.5) is 0 Å². The Hall–Kier alpha value is -2.76. The molecule has 1 amide bonds. The Labute approximate surface area is 140 Å². The molecule has 1 aromatic heterocycles. The van der Waals surface area contributed by atoms with E-state index in [1.165, 1.54) is 0 Å². The van der Waals surface area contributed by atoms with E-state index in [2.05, 4.69) is 5.32 Å². The van der Waals surface area contributed by atoms with Crippen molar-refractivity contribution in [1.29, 1.82) is 0 Å². The van der Waals surface area contributed by atoms with Crippen molar-refractivity contribution in [3.8, 4) is 5.75 Å². The van der Waals surface area contributed by atoms with Crippen LogP contribution in [0, 0.1) is 20.8 Å². The zero-order valence-electron chi connectivity index (χ0n) is 14.3. The van der Waals surface area contributed by atoms with Gasteiger partial charge >= 0.3 is 5.97 Å². The molecule has 0 saturated carbocycles. The van der Waals surface area contributed by atoms with Gasteiger partial charge in [0.25, 0.3) is 5.91 Å². The first-order valence-corrected chi connectivity index (χ1v) is 7.56. The summed E-state index contributed by atoms with van der Waals surface area (Å²) in [6.45, 7) is 5.20. The first-order valence-electron chi connectivity index (χ1n) is 7.56. The third kappa shape index (κ3) is 3.95. The highest BCUT2D eigenvalue weighted by atomic mass is 16.5. The van der Waals surface area contributed by atoms with Gasteiger partial charge in [0, 0.05) is 17.7 Å². The smallest absolute Gasteiger partial charge is 0.342 e. The van der Waals surface area contributed by atoms with Crippen LogP contribution in [0.5, 0.6) is 5.75 Å². The number of para-hydroxylation sites is 1. The SMILES string of the molecule is COc1ccccc1CNC(=O)COC(=O)c1c(C)oc(C)c1C. The average Bonchev–Trinajstić information content (AvgIpc) is 2.83. The molecule has 6 heteroatoms. The van der Waals surface area contributed by atoms with Gasteiger partial charge in [-0.1, -0.05) is 18.2 Å². The molecule has 0 unspecified atom stereocenters. The molecule has 0 atom stereocenters. The molecule has 0 spiro atoms. The van der Waals surface area contributed by atoms with Crippen LogP contribution in [0.15, 0.2) is 28.7 Å². The Morgan fingerprint density at radius 1 is 1.12 bits per heavy atom. The second-order valence-electron chi connectivity index (χ2n) is 5.38. The zero-order chi connectivity index (χ0) is 17.7. The van der Waals surface area contributed by atoms with E-state index in [4.69, 9.17) is 13.9 Å². The van der Waals surface area contributed by atoms with Crippen LogP contribution >= 0.6 is 0 Å². The molecule has 1 aromatic carbocycles. The summed E-state index contributed by atoms with van der Waals surface area (Å²) in [4.78, 5) is 24.0. The molecule has 0 aliphatic carbocycles. The van der Waals surface area contributed by atoms with Crippen LogP contribution in [0.2, 0.25) is 0 Å². The number of hydrogen-bond donors (Lipinski definition) is 1. The third-order valence-corrected chi connectivity index (χ3v) is 3.77. The second kappa shape index (κ2) is 7.68. The summed E-state index contributed by atoms with van der Waals surface area (Å²) in [5.74, 6) is 0.901. The average molecular weight is 331 g/mol. The normalized spacial score (nSPS) is 10.3. The highest BCUT2D eigenvalue weighted by Crippen LogP contribution is 2.21. The van der Waals surface area contributed by atoms with Crippen molar-refractivity contribution in [2.24, 2.45) is 0 Å². The lowest BCUT2D eigenvalue weighted by Gasteiger charge is -2.10. The van der Waals surface area contributed by atoms with Gasteiger partial charge in [-0.2, -0.15) is 0 Å². The number of furan rings is 1. The fourth-order valence-corrected chi connectivity index (χ4v) is 2.39. The van der Waals surface area contributed by atoms with Gasteiger partial charge in [0.15, 0.2) is 6.61 Å². The van der Waals surface area contributed by atoms with Gasteiger partial charge in [0.1, 0.15) is 22.8 Å². The lowest BCUT2D eigenvalue weighted by atomic mass is 10.1. The number of carbonyl (C=O) groups is 2. The van der Waals surface area contributed by atoms with Crippen molar-refractivity contribution in [2.45, 2.75) is 27.3 Å². The number of aryl methyl sites for hydroxylation is 2.